The third kappa shape index (κ3) is 3.94. The number of nitrogens with one attached hydrogen (secondary N) is 1. The Bertz CT molecular complexity index is 282. The summed E-state index contributed by atoms with van der Waals surface area (Å²) >= 11 is 0. The first-order chi connectivity index (χ1) is 7.79. The van der Waals surface area contributed by atoms with Crippen molar-refractivity contribution in [2.75, 3.05) is 0 Å². The molecule has 1 aromatic heterocycles. The molecule has 0 saturated carbocycles. The van der Waals surface area contributed by atoms with Crippen molar-refractivity contribution in [1.29, 1.82) is 0 Å². The maximum absolute atomic E-state index is 5.58. The van der Waals surface area contributed by atoms with Crippen LogP contribution in [-0.4, -0.2) is 9.78 Å². The zero-order valence-electron chi connectivity index (χ0n) is 10.4. The molecule has 0 amide bonds. The van der Waals surface area contributed by atoms with Gasteiger partial charge in [0.15, 0.2) is 0 Å². The molecule has 16 heavy (non-hydrogen) atoms. The largest absolute Gasteiger partial charge is 0.271 e. The number of hydrogen-bond acceptors (Lipinski definition) is 3. The van der Waals surface area contributed by atoms with E-state index in [0.717, 1.165) is 12.1 Å². The smallest absolute Gasteiger partial charge is 0.0628 e. The van der Waals surface area contributed by atoms with Gasteiger partial charge in [-0.1, -0.05) is 39.0 Å². The van der Waals surface area contributed by atoms with Crippen LogP contribution in [0.5, 0.6) is 0 Å². The number of unbranched alkanes of at least 4 members (excludes halogenated alkanes) is 4. The zero-order valence-corrected chi connectivity index (χ0v) is 10.4. The predicted molar refractivity (Wildman–Crippen MR) is 66.6 cm³/mol. The molecule has 92 valence electrons. The Balaban J connectivity index is 2.30. The third-order valence-electron chi connectivity index (χ3n) is 3.01. The van der Waals surface area contributed by atoms with E-state index in [1.807, 2.05) is 24.0 Å². The van der Waals surface area contributed by atoms with Gasteiger partial charge in [-0.2, -0.15) is 5.10 Å². The molecule has 1 atom stereocenters. The van der Waals surface area contributed by atoms with Crippen molar-refractivity contribution in [3.63, 3.8) is 0 Å². The summed E-state index contributed by atoms with van der Waals surface area (Å²) < 4.78 is 1.89. The van der Waals surface area contributed by atoms with Crippen LogP contribution in [0.4, 0.5) is 0 Å². The Morgan fingerprint density at radius 2 is 2.12 bits per heavy atom. The van der Waals surface area contributed by atoms with E-state index in [1.54, 1.807) is 0 Å². The fourth-order valence-electron chi connectivity index (χ4n) is 1.99. The Labute approximate surface area is 98.2 Å². The van der Waals surface area contributed by atoms with Crippen LogP contribution in [0.25, 0.3) is 0 Å². The molecule has 0 spiro atoms. The van der Waals surface area contributed by atoms with Crippen LogP contribution in [0.3, 0.4) is 0 Å². The first kappa shape index (κ1) is 13.2. The lowest BCUT2D eigenvalue weighted by Gasteiger charge is -2.15. The van der Waals surface area contributed by atoms with E-state index in [4.69, 9.17) is 5.84 Å². The second kappa shape index (κ2) is 7.41. The summed E-state index contributed by atoms with van der Waals surface area (Å²) in [5.74, 6) is 5.58. The minimum absolute atomic E-state index is 0.231. The standard InChI is InChI=1S/C12H24N4/c1-3-4-5-6-7-8-11(15-13)12-9-10-14-16(12)2/h9-11,15H,3-8,13H2,1-2H3. The second-order valence-electron chi connectivity index (χ2n) is 4.30. The molecule has 0 aliphatic heterocycles. The Morgan fingerprint density at radius 3 is 2.69 bits per heavy atom. The van der Waals surface area contributed by atoms with Crippen LogP contribution < -0.4 is 11.3 Å². The number of aryl methyl sites for hydroxylation is 1. The van der Waals surface area contributed by atoms with Crippen molar-refractivity contribution < 1.29 is 0 Å². The highest BCUT2D eigenvalue weighted by Crippen LogP contribution is 2.18. The lowest BCUT2D eigenvalue weighted by Crippen LogP contribution is -2.29. The molecule has 1 unspecified atom stereocenters. The van der Waals surface area contributed by atoms with Crippen LogP contribution in [0.1, 0.15) is 57.2 Å². The van der Waals surface area contributed by atoms with Gasteiger partial charge in [0.25, 0.3) is 0 Å². The molecule has 3 N–H and O–H groups in total. The number of rotatable bonds is 8. The van der Waals surface area contributed by atoms with Gasteiger partial charge in [-0.25, -0.2) is 0 Å². The molecule has 0 aliphatic rings. The quantitative estimate of drug-likeness (QED) is 0.404. The molecular weight excluding hydrogens is 200 g/mol. The third-order valence-corrected chi connectivity index (χ3v) is 3.01. The maximum atomic E-state index is 5.58. The predicted octanol–water partition coefficient (Wildman–Crippen LogP) is 2.29. The highest BCUT2D eigenvalue weighted by molar-refractivity contribution is 5.05. The van der Waals surface area contributed by atoms with Crippen molar-refractivity contribution in [1.82, 2.24) is 15.2 Å². The van der Waals surface area contributed by atoms with Crippen LogP contribution in [0.2, 0.25) is 0 Å². The van der Waals surface area contributed by atoms with E-state index in [2.05, 4.69) is 17.4 Å². The zero-order chi connectivity index (χ0) is 11.8. The fourth-order valence-corrected chi connectivity index (χ4v) is 1.99. The monoisotopic (exact) mass is 224 g/mol. The molecule has 0 aliphatic carbocycles. The maximum Gasteiger partial charge on any atom is 0.0628 e. The summed E-state index contributed by atoms with van der Waals surface area (Å²) in [5.41, 5.74) is 4.04. The Kier molecular flexibility index (Phi) is 6.11. The Morgan fingerprint density at radius 1 is 1.38 bits per heavy atom. The van der Waals surface area contributed by atoms with Gasteiger partial charge < -0.3 is 0 Å². The summed E-state index contributed by atoms with van der Waals surface area (Å²) in [4.78, 5) is 0. The van der Waals surface area contributed by atoms with Gasteiger partial charge in [-0.05, 0) is 12.5 Å². The van der Waals surface area contributed by atoms with E-state index in [-0.39, 0.29) is 6.04 Å². The first-order valence-corrected chi connectivity index (χ1v) is 6.23. The molecule has 4 heteroatoms. The summed E-state index contributed by atoms with van der Waals surface area (Å²) in [6.07, 6.45) is 9.38. The van der Waals surface area contributed by atoms with Gasteiger partial charge in [0, 0.05) is 13.2 Å². The molecule has 1 rings (SSSR count). The number of nitrogens with zero attached hydrogens (tertiary/aromatic N) is 2. The number of hydrazine groups is 1. The van der Waals surface area contributed by atoms with Crippen molar-refractivity contribution >= 4 is 0 Å². The van der Waals surface area contributed by atoms with Crippen molar-refractivity contribution in [2.45, 2.75) is 51.5 Å². The van der Waals surface area contributed by atoms with E-state index in [9.17, 15) is 0 Å². The summed E-state index contributed by atoms with van der Waals surface area (Å²) in [6, 6.07) is 2.26. The Hall–Kier alpha value is -0.870. The molecule has 1 heterocycles. The summed E-state index contributed by atoms with van der Waals surface area (Å²) in [5, 5.41) is 4.16. The average molecular weight is 224 g/mol. The van der Waals surface area contributed by atoms with Crippen molar-refractivity contribution in [2.24, 2.45) is 12.9 Å². The lowest BCUT2D eigenvalue weighted by atomic mass is 10.0. The average Bonchev–Trinajstić information content (AvgIpc) is 2.70. The fraction of sp³-hybridized carbons (Fsp3) is 0.750. The lowest BCUT2D eigenvalue weighted by molar-refractivity contribution is 0.453. The van der Waals surface area contributed by atoms with Crippen LogP contribution in [-0.2, 0) is 7.05 Å². The highest BCUT2D eigenvalue weighted by Gasteiger charge is 2.12. The summed E-state index contributed by atoms with van der Waals surface area (Å²) in [7, 11) is 1.96. The molecule has 0 saturated heterocycles. The topological polar surface area (TPSA) is 55.9 Å². The van der Waals surface area contributed by atoms with Crippen molar-refractivity contribution in [3.8, 4) is 0 Å². The molecule has 0 fully saturated rings. The SMILES string of the molecule is CCCCCCCC(NN)c1ccnn1C. The molecule has 0 radical (unpaired) electrons. The molecule has 1 aromatic rings. The number of hydrogen-bond donors (Lipinski definition) is 2. The summed E-state index contributed by atoms with van der Waals surface area (Å²) in [6.45, 7) is 2.24. The number of aromatic nitrogens is 2. The normalized spacial score (nSPS) is 12.9. The van der Waals surface area contributed by atoms with E-state index >= 15 is 0 Å². The van der Waals surface area contributed by atoms with Gasteiger partial charge in [0.1, 0.15) is 0 Å². The minimum Gasteiger partial charge on any atom is -0.271 e. The van der Waals surface area contributed by atoms with Gasteiger partial charge >= 0.3 is 0 Å². The minimum atomic E-state index is 0.231. The van der Waals surface area contributed by atoms with Gasteiger partial charge in [-0.15, -0.1) is 0 Å². The number of nitrogens with two attached hydrogens (primary N) is 1. The highest BCUT2D eigenvalue weighted by atomic mass is 15.3. The second-order valence-corrected chi connectivity index (χ2v) is 4.30. The molecule has 0 aromatic carbocycles. The van der Waals surface area contributed by atoms with E-state index in [1.165, 1.54) is 32.1 Å². The van der Waals surface area contributed by atoms with Crippen LogP contribution >= 0.6 is 0 Å². The van der Waals surface area contributed by atoms with Gasteiger partial charge in [0.2, 0.25) is 0 Å². The van der Waals surface area contributed by atoms with Gasteiger partial charge in [0.05, 0.1) is 11.7 Å². The molecule has 4 nitrogen and oxygen atoms in total. The van der Waals surface area contributed by atoms with Gasteiger partial charge in [-0.3, -0.25) is 16.0 Å². The van der Waals surface area contributed by atoms with E-state index in [0.29, 0.717) is 0 Å². The first-order valence-electron chi connectivity index (χ1n) is 6.23. The molecular formula is C12H24N4. The van der Waals surface area contributed by atoms with Crippen molar-refractivity contribution in [3.05, 3.63) is 18.0 Å². The molecule has 0 bridgehead atoms. The van der Waals surface area contributed by atoms with E-state index < -0.39 is 0 Å². The van der Waals surface area contributed by atoms with Crippen LogP contribution in [0, 0.1) is 0 Å². The van der Waals surface area contributed by atoms with Crippen LogP contribution in [0.15, 0.2) is 12.3 Å².